The standard InChI is InChI=1S/C16H12ClNO/c1-19-16-10-15(11-6-8-12(17)9-7-11)18-14-5-3-2-4-13(14)16/h2-10H,1H3. The van der Waals surface area contributed by atoms with Crippen LogP contribution in [0, 0.1) is 0 Å². The van der Waals surface area contributed by atoms with E-state index >= 15 is 0 Å². The van der Waals surface area contributed by atoms with E-state index in [9.17, 15) is 0 Å². The number of aromatic nitrogens is 1. The molecular weight excluding hydrogens is 258 g/mol. The molecule has 1 aromatic heterocycles. The number of nitrogens with zero attached hydrogens (tertiary/aromatic N) is 1. The van der Waals surface area contributed by atoms with Crippen molar-refractivity contribution in [1.82, 2.24) is 4.98 Å². The zero-order valence-corrected chi connectivity index (χ0v) is 11.2. The first-order valence-corrected chi connectivity index (χ1v) is 6.35. The van der Waals surface area contributed by atoms with Crippen LogP contribution in [0.1, 0.15) is 0 Å². The first-order chi connectivity index (χ1) is 9.28. The van der Waals surface area contributed by atoms with Crippen LogP contribution in [0.4, 0.5) is 0 Å². The summed E-state index contributed by atoms with van der Waals surface area (Å²) < 4.78 is 5.45. The van der Waals surface area contributed by atoms with Crippen LogP contribution in [0.5, 0.6) is 5.75 Å². The SMILES string of the molecule is COc1cc(-c2ccc(Cl)cc2)nc2ccccc12. The molecule has 0 radical (unpaired) electrons. The molecule has 1 heterocycles. The van der Waals surface area contributed by atoms with Crippen molar-refractivity contribution in [3.05, 3.63) is 59.6 Å². The van der Waals surface area contributed by atoms with Gasteiger partial charge in [0.05, 0.1) is 18.3 Å². The van der Waals surface area contributed by atoms with Crippen molar-refractivity contribution < 1.29 is 4.74 Å². The Bertz CT molecular complexity index is 722. The normalized spacial score (nSPS) is 10.6. The molecule has 3 rings (SSSR count). The highest BCUT2D eigenvalue weighted by atomic mass is 35.5. The van der Waals surface area contributed by atoms with Crippen LogP contribution < -0.4 is 4.74 Å². The van der Waals surface area contributed by atoms with Gasteiger partial charge in [-0.1, -0.05) is 35.9 Å². The summed E-state index contributed by atoms with van der Waals surface area (Å²) in [6.07, 6.45) is 0. The molecule has 0 bridgehead atoms. The maximum absolute atomic E-state index is 5.91. The fraction of sp³-hybridized carbons (Fsp3) is 0.0625. The Hall–Kier alpha value is -2.06. The Morgan fingerprint density at radius 2 is 1.74 bits per heavy atom. The van der Waals surface area contributed by atoms with Gasteiger partial charge in [0.25, 0.3) is 0 Å². The molecule has 19 heavy (non-hydrogen) atoms. The Morgan fingerprint density at radius 1 is 1.00 bits per heavy atom. The lowest BCUT2D eigenvalue weighted by atomic mass is 10.1. The minimum Gasteiger partial charge on any atom is -0.496 e. The van der Waals surface area contributed by atoms with Crippen molar-refractivity contribution in [3.63, 3.8) is 0 Å². The third-order valence-corrected chi connectivity index (χ3v) is 3.29. The van der Waals surface area contributed by atoms with Crippen LogP contribution in [0.25, 0.3) is 22.2 Å². The molecule has 2 nitrogen and oxygen atoms in total. The van der Waals surface area contributed by atoms with Crippen LogP contribution in [-0.4, -0.2) is 12.1 Å². The number of fused-ring (bicyclic) bond motifs is 1. The van der Waals surface area contributed by atoms with E-state index < -0.39 is 0 Å². The molecule has 0 fully saturated rings. The second-order valence-corrected chi connectivity index (χ2v) is 4.67. The Labute approximate surface area is 116 Å². The summed E-state index contributed by atoms with van der Waals surface area (Å²) in [7, 11) is 1.67. The molecule has 0 aliphatic carbocycles. The molecule has 0 saturated carbocycles. The lowest BCUT2D eigenvalue weighted by molar-refractivity contribution is 0.419. The van der Waals surface area contributed by atoms with E-state index in [2.05, 4.69) is 4.98 Å². The largest absolute Gasteiger partial charge is 0.496 e. The second kappa shape index (κ2) is 4.90. The van der Waals surface area contributed by atoms with Crippen LogP contribution in [-0.2, 0) is 0 Å². The van der Waals surface area contributed by atoms with Gasteiger partial charge in [0.15, 0.2) is 0 Å². The van der Waals surface area contributed by atoms with Crippen LogP contribution in [0.15, 0.2) is 54.6 Å². The molecule has 0 unspecified atom stereocenters. The third-order valence-electron chi connectivity index (χ3n) is 3.04. The summed E-state index contributed by atoms with van der Waals surface area (Å²) in [6.45, 7) is 0. The highest BCUT2D eigenvalue weighted by molar-refractivity contribution is 6.30. The number of hydrogen-bond acceptors (Lipinski definition) is 2. The number of halogens is 1. The minimum atomic E-state index is 0.719. The van der Waals surface area contributed by atoms with E-state index in [0.29, 0.717) is 0 Å². The molecule has 94 valence electrons. The van der Waals surface area contributed by atoms with Gasteiger partial charge < -0.3 is 4.74 Å². The van der Waals surface area contributed by atoms with Gasteiger partial charge in [0.2, 0.25) is 0 Å². The van der Waals surface area contributed by atoms with E-state index in [1.165, 1.54) is 0 Å². The molecule has 0 aliphatic rings. The fourth-order valence-electron chi connectivity index (χ4n) is 2.08. The number of ether oxygens (including phenoxy) is 1. The zero-order chi connectivity index (χ0) is 13.2. The summed E-state index contributed by atoms with van der Waals surface area (Å²) in [5.74, 6) is 0.829. The first kappa shape index (κ1) is 12.0. The molecule has 0 aliphatic heterocycles. The van der Waals surface area contributed by atoms with E-state index in [1.54, 1.807) is 7.11 Å². The molecule has 0 atom stereocenters. The summed E-state index contributed by atoms with van der Waals surface area (Å²) in [5, 5.41) is 1.74. The third kappa shape index (κ3) is 2.27. The summed E-state index contributed by atoms with van der Waals surface area (Å²) in [4.78, 5) is 4.66. The minimum absolute atomic E-state index is 0.719. The first-order valence-electron chi connectivity index (χ1n) is 5.97. The maximum atomic E-state index is 5.91. The van der Waals surface area contributed by atoms with Crippen LogP contribution in [0.2, 0.25) is 5.02 Å². The van der Waals surface area contributed by atoms with Crippen LogP contribution >= 0.6 is 11.6 Å². The Morgan fingerprint density at radius 3 is 2.47 bits per heavy atom. The number of hydrogen-bond donors (Lipinski definition) is 0. The van der Waals surface area contributed by atoms with Crippen molar-refractivity contribution in [2.75, 3.05) is 7.11 Å². The number of benzene rings is 2. The van der Waals surface area contributed by atoms with Gasteiger partial charge in [-0.15, -0.1) is 0 Å². The topological polar surface area (TPSA) is 22.1 Å². The van der Waals surface area contributed by atoms with Gasteiger partial charge in [0, 0.05) is 22.0 Å². The van der Waals surface area contributed by atoms with E-state index in [4.69, 9.17) is 16.3 Å². The maximum Gasteiger partial charge on any atom is 0.130 e. The molecular formula is C16H12ClNO. The lowest BCUT2D eigenvalue weighted by Gasteiger charge is -2.08. The van der Waals surface area contributed by atoms with Crippen LogP contribution in [0.3, 0.4) is 0 Å². The predicted molar refractivity (Wildman–Crippen MR) is 78.7 cm³/mol. The van der Waals surface area contributed by atoms with Gasteiger partial charge in [-0.05, 0) is 24.3 Å². The Kier molecular flexibility index (Phi) is 3.10. The van der Waals surface area contributed by atoms with E-state index in [0.717, 1.165) is 32.9 Å². The number of rotatable bonds is 2. The number of pyridine rings is 1. The Balaban J connectivity index is 2.22. The van der Waals surface area contributed by atoms with E-state index in [1.807, 2.05) is 54.6 Å². The van der Waals surface area contributed by atoms with Crippen molar-refractivity contribution in [2.24, 2.45) is 0 Å². The van der Waals surface area contributed by atoms with Gasteiger partial charge in [-0.25, -0.2) is 4.98 Å². The monoisotopic (exact) mass is 269 g/mol. The average molecular weight is 270 g/mol. The average Bonchev–Trinajstić information content (AvgIpc) is 2.47. The van der Waals surface area contributed by atoms with Crippen molar-refractivity contribution in [1.29, 1.82) is 0 Å². The van der Waals surface area contributed by atoms with Crippen molar-refractivity contribution in [3.8, 4) is 17.0 Å². The number of methoxy groups -OCH3 is 1. The smallest absolute Gasteiger partial charge is 0.130 e. The summed E-state index contributed by atoms with van der Waals surface area (Å²) in [5.41, 5.74) is 2.83. The highest BCUT2D eigenvalue weighted by Gasteiger charge is 2.07. The van der Waals surface area contributed by atoms with Gasteiger partial charge in [-0.3, -0.25) is 0 Å². The lowest BCUT2D eigenvalue weighted by Crippen LogP contribution is -1.90. The molecule has 0 amide bonds. The van der Waals surface area contributed by atoms with Crippen molar-refractivity contribution in [2.45, 2.75) is 0 Å². The molecule has 0 saturated heterocycles. The zero-order valence-electron chi connectivity index (χ0n) is 10.4. The molecule has 3 heteroatoms. The number of para-hydroxylation sites is 1. The van der Waals surface area contributed by atoms with E-state index in [-0.39, 0.29) is 0 Å². The fourth-order valence-corrected chi connectivity index (χ4v) is 2.21. The summed E-state index contributed by atoms with van der Waals surface area (Å²) >= 11 is 5.91. The quantitative estimate of drug-likeness (QED) is 0.680. The predicted octanol–water partition coefficient (Wildman–Crippen LogP) is 4.56. The molecule has 3 aromatic rings. The molecule has 0 N–H and O–H groups in total. The molecule has 2 aromatic carbocycles. The summed E-state index contributed by atoms with van der Waals surface area (Å²) in [6, 6.07) is 17.5. The van der Waals surface area contributed by atoms with Gasteiger partial charge in [0.1, 0.15) is 5.75 Å². The second-order valence-electron chi connectivity index (χ2n) is 4.23. The van der Waals surface area contributed by atoms with Gasteiger partial charge >= 0.3 is 0 Å². The molecule has 0 spiro atoms. The van der Waals surface area contributed by atoms with Crippen molar-refractivity contribution >= 4 is 22.5 Å². The van der Waals surface area contributed by atoms with Gasteiger partial charge in [-0.2, -0.15) is 0 Å². The highest BCUT2D eigenvalue weighted by Crippen LogP contribution is 2.30.